The molecule has 5 heteroatoms. The van der Waals surface area contributed by atoms with Gasteiger partial charge in [-0.1, -0.05) is 36.4 Å². The third-order valence-corrected chi connectivity index (χ3v) is 4.79. The number of aryl methyl sites for hydroxylation is 1. The van der Waals surface area contributed by atoms with Gasteiger partial charge >= 0.3 is 6.03 Å². The van der Waals surface area contributed by atoms with Crippen LogP contribution in [0.1, 0.15) is 22.4 Å². The van der Waals surface area contributed by atoms with E-state index in [1.807, 2.05) is 40.6 Å². The molecule has 0 spiro atoms. The number of amides is 2. The van der Waals surface area contributed by atoms with Crippen LogP contribution in [0.5, 0.6) is 0 Å². The predicted molar refractivity (Wildman–Crippen MR) is 100 cm³/mol. The fraction of sp³-hybridized carbons (Fsp3) is 0.250. The Morgan fingerprint density at radius 3 is 2.64 bits per heavy atom. The van der Waals surface area contributed by atoms with Crippen LogP contribution in [-0.4, -0.2) is 17.5 Å². The Morgan fingerprint density at radius 2 is 1.92 bits per heavy atom. The molecule has 0 saturated carbocycles. The Balaban J connectivity index is 1.51. The first-order chi connectivity index (χ1) is 12.3. The van der Waals surface area contributed by atoms with Gasteiger partial charge in [-0.15, -0.1) is 11.3 Å². The lowest BCUT2D eigenvalue weighted by Crippen LogP contribution is -2.39. The molecule has 0 aliphatic carbocycles. The number of thiophene rings is 1. The van der Waals surface area contributed by atoms with Gasteiger partial charge in [0, 0.05) is 17.0 Å². The third kappa shape index (κ3) is 5.50. The van der Waals surface area contributed by atoms with E-state index in [1.54, 1.807) is 23.9 Å². The summed E-state index contributed by atoms with van der Waals surface area (Å²) in [5.41, 5.74) is 2.29. The first-order valence-corrected chi connectivity index (χ1v) is 9.29. The highest BCUT2D eigenvalue weighted by molar-refractivity contribution is 7.09. The van der Waals surface area contributed by atoms with Crippen LogP contribution in [0.4, 0.5) is 4.79 Å². The van der Waals surface area contributed by atoms with Gasteiger partial charge in [-0.05, 0) is 35.9 Å². The second-order valence-corrected chi connectivity index (χ2v) is 6.92. The Kier molecular flexibility index (Phi) is 6.29. The molecule has 3 aromatic rings. The van der Waals surface area contributed by atoms with Gasteiger partial charge in [0.2, 0.25) is 0 Å². The van der Waals surface area contributed by atoms with E-state index in [-0.39, 0.29) is 6.03 Å². The van der Waals surface area contributed by atoms with Crippen LogP contribution in [0.3, 0.4) is 0 Å². The minimum Gasteiger partial charge on any atom is -0.472 e. The Bertz CT molecular complexity index is 703. The van der Waals surface area contributed by atoms with Gasteiger partial charge in [0.25, 0.3) is 0 Å². The number of hydrogen-bond acceptors (Lipinski definition) is 3. The quantitative estimate of drug-likeness (QED) is 0.597. The normalized spacial score (nSPS) is 10.6. The molecule has 0 fully saturated rings. The zero-order valence-electron chi connectivity index (χ0n) is 14.1. The standard InChI is InChI=1S/C20H22N2O2S/c23-20(21-11-4-8-17-6-2-1-3-7-17)22(14-18-10-12-24-16-18)15-19-9-5-13-25-19/h1-3,5-7,9-10,12-13,16H,4,8,11,14-15H2,(H,21,23). The highest BCUT2D eigenvalue weighted by Gasteiger charge is 2.15. The smallest absolute Gasteiger partial charge is 0.318 e. The summed E-state index contributed by atoms with van der Waals surface area (Å²) in [5, 5.41) is 5.07. The van der Waals surface area contributed by atoms with Gasteiger partial charge < -0.3 is 14.6 Å². The fourth-order valence-corrected chi connectivity index (χ4v) is 3.36. The lowest BCUT2D eigenvalue weighted by Gasteiger charge is -2.22. The summed E-state index contributed by atoms with van der Waals surface area (Å²) in [4.78, 5) is 15.6. The molecule has 0 aliphatic rings. The van der Waals surface area contributed by atoms with Crippen LogP contribution >= 0.6 is 11.3 Å². The van der Waals surface area contributed by atoms with Gasteiger partial charge in [-0.3, -0.25) is 0 Å². The maximum atomic E-state index is 12.6. The molecule has 0 saturated heterocycles. The summed E-state index contributed by atoms with van der Waals surface area (Å²) in [6.07, 6.45) is 5.21. The number of nitrogens with one attached hydrogen (secondary N) is 1. The first-order valence-electron chi connectivity index (χ1n) is 8.41. The number of carbonyl (C=O) groups is 1. The zero-order chi connectivity index (χ0) is 17.3. The molecule has 2 amide bonds. The molecular formula is C20H22N2O2S. The van der Waals surface area contributed by atoms with Crippen molar-refractivity contribution < 1.29 is 9.21 Å². The minimum atomic E-state index is -0.0392. The van der Waals surface area contributed by atoms with E-state index >= 15 is 0 Å². The summed E-state index contributed by atoms with van der Waals surface area (Å²) in [6, 6.07) is 16.2. The van der Waals surface area contributed by atoms with Crippen molar-refractivity contribution in [1.29, 1.82) is 0 Å². The molecule has 1 aromatic carbocycles. The summed E-state index contributed by atoms with van der Waals surface area (Å²) in [6.45, 7) is 1.81. The molecule has 0 bridgehead atoms. The molecule has 0 radical (unpaired) electrons. The van der Waals surface area contributed by atoms with Crippen molar-refractivity contribution >= 4 is 17.4 Å². The molecular weight excluding hydrogens is 332 g/mol. The van der Waals surface area contributed by atoms with Gasteiger partial charge in [0.05, 0.1) is 25.6 Å². The number of urea groups is 1. The lowest BCUT2D eigenvalue weighted by molar-refractivity contribution is 0.192. The van der Waals surface area contributed by atoms with E-state index < -0.39 is 0 Å². The maximum absolute atomic E-state index is 12.6. The van der Waals surface area contributed by atoms with E-state index in [0.29, 0.717) is 19.6 Å². The SMILES string of the molecule is O=C(NCCCc1ccccc1)N(Cc1ccoc1)Cc1cccs1. The molecule has 0 unspecified atom stereocenters. The van der Waals surface area contributed by atoms with Crippen LogP contribution in [0, 0.1) is 0 Å². The second-order valence-electron chi connectivity index (χ2n) is 5.89. The largest absolute Gasteiger partial charge is 0.472 e. The van der Waals surface area contributed by atoms with E-state index in [1.165, 1.54) is 10.4 Å². The van der Waals surface area contributed by atoms with Crippen LogP contribution in [-0.2, 0) is 19.5 Å². The van der Waals surface area contributed by atoms with Crippen molar-refractivity contribution in [2.45, 2.75) is 25.9 Å². The van der Waals surface area contributed by atoms with Crippen molar-refractivity contribution in [1.82, 2.24) is 10.2 Å². The van der Waals surface area contributed by atoms with Crippen molar-refractivity contribution in [2.24, 2.45) is 0 Å². The molecule has 0 atom stereocenters. The number of furan rings is 1. The molecule has 0 aliphatic heterocycles. The monoisotopic (exact) mass is 354 g/mol. The van der Waals surface area contributed by atoms with Crippen LogP contribution < -0.4 is 5.32 Å². The molecule has 25 heavy (non-hydrogen) atoms. The molecule has 3 rings (SSSR count). The van der Waals surface area contributed by atoms with E-state index in [4.69, 9.17) is 4.42 Å². The summed E-state index contributed by atoms with van der Waals surface area (Å²) in [7, 11) is 0. The van der Waals surface area contributed by atoms with Gasteiger partial charge in [0.15, 0.2) is 0 Å². The maximum Gasteiger partial charge on any atom is 0.318 e. The highest BCUT2D eigenvalue weighted by atomic mass is 32.1. The summed E-state index contributed by atoms with van der Waals surface area (Å²) < 4.78 is 5.12. The minimum absolute atomic E-state index is 0.0392. The van der Waals surface area contributed by atoms with Gasteiger partial charge in [-0.25, -0.2) is 4.79 Å². The Hall–Kier alpha value is -2.53. The first kappa shape index (κ1) is 17.3. The molecule has 4 nitrogen and oxygen atoms in total. The highest BCUT2D eigenvalue weighted by Crippen LogP contribution is 2.15. The topological polar surface area (TPSA) is 45.5 Å². The summed E-state index contributed by atoms with van der Waals surface area (Å²) >= 11 is 1.66. The second kappa shape index (κ2) is 9.08. The van der Waals surface area contributed by atoms with Crippen LogP contribution in [0.2, 0.25) is 0 Å². The van der Waals surface area contributed by atoms with Gasteiger partial charge in [0.1, 0.15) is 0 Å². The van der Waals surface area contributed by atoms with Crippen molar-refractivity contribution in [3.63, 3.8) is 0 Å². The van der Waals surface area contributed by atoms with Gasteiger partial charge in [-0.2, -0.15) is 0 Å². The Labute approximate surface area is 152 Å². The third-order valence-electron chi connectivity index (χ3n) is 3.93. The number of benzene rings is 1. The van der Waals surface area contributed by atoms with E-state index in [2.05, 4.69) is 23.5 Å². The fourth-order valence-electron chi connectivity index (χ4n) is 2.64. The lowest BCUT2D eigenvalue weighted by atomic mass is 10.1. The number of hydrogen-bond donors (Lipinski definition) is 1. The van der Waals surface area contributed by atoms with Crippen molar-refractivity contribution in [3.05, 3.63) is 82.4 Å². The van der Waals surface area contributed by atoms with Crippen molar-refractivity contribution in [2.75, 3.05) is 6.54 Å². The zero-order valence-corrected chi connectivity index (χ0v) is 14.9. The summed E-state index contributed by atoms with van der Waals surface area (Å²) in [5.74, 6) is 0. The van der Waals surface area contributed by atoms with Crippen LogP contribution in [0.15, 0.2) is 70.9 Å². The number of carbonyl (C=O) groups excluding carboxylic acids is 1. The Morgan fingerprint density at radius 1 is 1.04 bits per heavy atom. The molecule has 2 aromatic heterocycles. The average molecular weight is 354 g/mol. The predicted octanol–water partition coefficient (Wildman–Crippen LogP) is 4.69. The van der Waals surface area contributed by atoms with Crippen molar-refractivity contribution in [3.8, 4) is 0 Å². The number of nitrogens with zero attached hydrogens (tertiary/aromatic N) is 1. The molecule has 2 heterocycles. The number of rotatable bonds is 8. The van der Waals surface area contributed by atoms with E-state index in [0.717, 1.165) is 18.4 Å². The van der Waals surface area contributed by atoms with Crippen LogP contribution in [0.25, 0.3) is 0 Å². The average Bonchev–Trinajstić information content (AvgIpc) is 3.33. The van der Waals surface area contributed by atoms with E-state index in [9.17, 15) is 4.79 Å². The molecule has 130 valence electrons. The molecule has 1 N–H and O–H groups in total.